The van der Waals surface area contributed by atoms with Gasteiger partial charge in [-0.1, -0.05) is 14.5 Å². The van der Waals surface area contributed by atoms with Crippen LogP contribution in [0, 0.1) is 16.6 Å². The Labute approximate surface area is 121 Å². The van der Waals surface area contributed by atoms with Crippen LogP contribution in [0.25, 0.3) is 10.9 Å². The minimum atomic E-state index is 0. The molecule has 0 saturated carbocycles. The second-order valence-electron chi connectivity index (χ2n) is 2.91. The molecule has 0 aliphatic carbocycles. The summed E-state index contributed by atoms with van der Waals surface area (Å²) in [4.78, 5) is 14.7. The zero-order chi connectivity index (χ0) is 9.42. The van der Waals surface area contributed by atoms with Crippen molar-refractivity contribution in [2.45, 2.75) is 6.92 Å². The third-order valence-electron chi connectivity index (χ3n) is 1.94. The Balaban J connectivity index is 0.000000980. The van der Waals surface area contributed by atoms with Gasteiger partial charge in [0.05, 0.1) is 0 Å². The van der Waals surface area contributed by atoms with E-state index in [1.807, 2.05) is 12.1 Å². The minimum Gasteiger partial charge on any atom is -0.383 e. The normalized spacial score (nSPS) is 9.86. The van der Waals surface area contributed by atoms with E-state index in [4.69, 9.17) is 0 Å². The summed E-state index contributed by atoms with van der Waals surface area (Å²) in [6.07, 6.45) is 1.72. The van der Waals surface area contributed by atoms with E-state index in [0.29, 0.717) is 5.39 Å². The molecule has 0 unspecified atom stereocenters. The van der Waals surface area contributed by atoms with Crippen LogP contribution in [0.3, 0.4) is 0 Å². The summed E-state index contributed by atoms with van der Waals surface area (Å²) in [6, 6.07) is 6.75. The molecule has 0 amide bonds. The number of hydrogen-bond donors (Lipinski definition) is 1. The molecular weight excluding hydrogens is 366 g/mol. The number of pyridine rings is 1. The molecule has 0 spiro atoms. The fourth-order valence-corrected chi connectivity index (χ4v) is 1.69. The van der Waals surface area contributed by atoms with Crippen LogP contribution in [-0.2, 0) is 32.7 Å². The molecule has 1 N–H and O–H groups in total. The average Bonchev–Trinajstić information content (AvgIpc) is 2.12. The Morgan fingerprint density at radius 2 is 2.21 bits per heavy atom. The van der Waals surface area contributed by atoms with Gasteiger partial charge in [-0.15, -0.1) is 28.7 Å². The number of halogens is 1. The van der Waals surface area contributed by atoms with Crippen molar-refractivity contribution in [3.05, 3.63) is 43.8 Å². The van der Waals surface area contributed by atoms with Crippen LogP contribution in [0.1, 0.15) is 5.56 Å². The number of nitrogens with one attached hydrogen (secondary N) is 1. The zero-order valence-corrected chi connectivity index (χ0v) is 12.6. The van der Waals surface area contributed by atoms with Gasteiger partial charge in [-0.05, 0) is 6.92 Å². The Bertz CT molecular complexity index is 516. The Morgan fingerprint density at radius 1 is 1.50 bits per heavy atom. The third kappa shape index (κ3) is 2.26. The standard InChI is InChI=1S/C10H7INO.Y/c1-6-5-12-9-3-2-7(11)4-8(9)10(6)13;/h2,4-5H,1H3,(H,12,13);/q-1;+3. The summed E-state index contributed by atoms with van der Waals surface area (Å²) >= 11 is 2.17. The molecule has 1 aromatic heterocycles. The van der Waals surface area contributed by atoms with Gasteiger partial charge in [0.2, 0.25) is 0 Å². The van der Waals surface area contributed by atoms with E-state index in [-0.39, 0.29) is 38.1 Å². The number of aromatic nitrogens is 1. The molecule has 2 rings (SSSR count). The van der Waals surface area contributed by atoms with Gasteiger partial charge in [0, 0.05) is 11.8 Å². The van der Waals surface area contributed by atoms with E-state index in [0.717, 1.165) is 14.7 Å². The third-order valence-corrected chi connectivity index (χ3v) is 2.56. The number of aromatic amines is 1. The fraction of sp³-hybridized carbons (Fsp3) is 0.100. The maximum absolute atomic E-state index is 11.6. The summed E-state index contributed by atoms with van der Waals surface area (Å²) in [5.41, 5.74) is 1.60. The molecule has 0 atom stereocenters. The molecule has 0 saturated heterocycles. The van der Waals surface area contributed by atoms with Crippen LogP contribution in [-0.4, -0.2) is 4.98 Å². The summed E-state index contributed by atoms with van der Waals surface area (Å²) in [7, 11) is 0. The van der Waals surface area contributed by atoms with Crippen molar-refractivity contribution in [1.82, 2.24) is 4.98 Å². The molecule has 66 valence electrons. The molecule has 0 aliphatic rings. The van der Waals surface area contributed by atoms with E-state index in [1.54, 1.807) is 13.1 Å². The number of aryl methyl sites for hydroxylation is 1. The molecule has 0 aliphatic heterocycles. The molecule has 0 fully saturated rings. The maximum Gasteiger partial charge on any atom is 3.00 e. The maximum atomic E-state index is 11.6. The minimum absolute atomic E-state index is 0. The predicted molar refractivity (Wildman–Crippen MR) is 60.9 cm³/mol. The van der Waals surface area contributed by atoms with Crippen LogP contribution in [0.5, 0.6) is 0 Å². The second kappa shape index (κ2) is 4.86. The average molecular weight is 373 g/mol. The number of benzene rings is 1. The smallest absolute Gasteiger partial charge is 0.383 e. The van der Waals surface area contributed by atoms with Crippen LogP contribution >= 0.6 is 22.6 Å². The first kappa shape index (κ1) is 12.3. The molecule has 14 heavy (non-hydrogen) atoms. The van der Waals surface area contributed by atoms with Crippen molar-refractivity contribution in [3.63, 3.8) is 0 Å². The number of fused-ring (bicyclic) bond motifs is 1. The monoisotopic (exact) mass is 373 g/mol. The number of hydrogen-bond acceptors (Lipinski definition) is 1. The van der Waals surface area contributed by atoms with Crippen molar-refractivity contribution in [1.29, 1.82) is 0 Å². The molecular formula is C10H7INOY+2. The number of rotatable bonds is 0. The van der Waals surface area contributed by atoms with Gasteiger partial charge in [-0.2, -0.15) is 12.1 Å². The Morgan fingerprint density at radius 3 is 2.93 bits per heavy atom. The van der Waals surface area contributed by atoms with Gasteiger partial charge in [-0.25, -0.2) is 0 Å². The van der Waals surface area contributed by atoms with E-state index in [2.05, 4.69) is 33.6 Å². The van der Waals surface area contributed by atoms with E-state index >= 15 is 0 Å². The Hall–Kier alpha value is 0.264. The molecule has 0 radical (unpaired) electrons. The van der Waals surface area contributed by atoms with Crippen molar-refractivity contribution in [3.8, 4) is 0 Å². The topological polar surface area (TPSA) is 32.9 Å². The summed E-state index contributed by atoms with van der Waals surface area (Å²) in [5, 5.41) is 0.715. The van der Waals surface area contributed by atoms with Gasteiger partial charge in [0.25, 0.3) is 0 Å². The molecule has 0 bridgehead atoms. The van der Waals surface area contributed by atoms with Gasteiger partial charge in [-0.3, -0.25) is 0 Å². The molecule has 4 heteroatoms. The molecule has 2 aromatic rings. The first-order chi connectivity index (χ1) is 6.18. The molecule has 2 nitrogen and oxygen atoms in total. The summed E-state index contributed by atoms with van der Waals surface area (Å²) in [5.74, 6) is 0. The predicted octanol–water partition coefficient (Wildman–Crippen LogP) is 2.24. The first-order valence-electron chi connectivity index (χ1n) is 3.88. The Kier molecular flexibility index (Phi) is 4.28. The van der Waals surface area contributed by atoms with E-state index < -0.39 is 0 Å². The zero-order valence-electron chi connectivity index (χ0n) is 7.60. The van der Waals surface area contributed by atoms with Crippen LogP contribution in [0.2, 0.25) is 0 Å². The van der Waals surface area contributed by atoms with Crippen LogP contribution in [0.15, 0.2) is 23.1 Å². The summed E-state index contributed by atoms with van der Waals surface area (Å²) in [6.45, 7) is 1.80. The van der Waals surface area contributed by atoms with Crippen LogP contribution in [0.4, 0.5) is 0 Å². The van der Waals surface area contributed by atoms with Gasteiger partial charge >= 0.3 is 32.7 Å². The van der Waals surface area contributed by atoms with E-state index in [1.165, 1.54) is 0 Å². The second-order valence-corrected chi connectivity index (χ2v) is 4.15. The first-order valence-corrected chi connectivity index (χ1v) is 4.95. The largest absolute Gasteiger partial charge is 3.00 e. The SMILES string of the molecule is Cc1c[nH]c2[c-]cc(I)cc2c1=O.[Y+3]. The van der Waals surface area contributed by atoms with Crippen LogP contribution < -0.4 is 5.43 Å². The van der Waals surface area contributed by atoms with Gasteiger partial charge in [0.15, 0.2) is 0 Å². The van der Waals surface area contributed by atoms with Crippen molar-refractivity contribution in [2.24, 2.45) is 0 Å². The van der Waals surface area contributed by atoms with Gasteiger partial charge in [0.1, 0.15) is 5.43 Å². The van der Waals surface area contributed by atoms with Crippen molar-refractivity contribution in [2.75, 3.05) is 0 Å². The fourth-order valence-electron chi connectivity index (χ4n) is 1.23. The molecule has 1 aromatic carbocycles. The van der Waals surface area contributed by atoms with E-state index in [9.17, 15) is 4.79 Å². The summed E-state index contributed by atoms with van der Waals surface area (Å²) < 4.78 is 1.03. The number of H-pyrrole nitrogens is 1. The van der Waals surface area contributed by atoms with Crippen molar-refractivity contribution < 1.29 is 32.7 Å². The van der Waals surface area contributed by atoms with Gasteiger partial charge < -0.3 is 9.78 Å². The van der Waals surface area contributed by atoms with Crippen molar-refractivity contribution >= 4 is 33.5 Å². The molecule has 1 heterocycles. The quantitative estimate of drug-likeness (QED) is 0.558.